The lowest BCUT2D eigenvalue weighted by molar-refractivity contribution is -0.113. The Hall–Kier alpha value is -2.27. The van der Waals surface area contributed by atoms with E-state index < -0.39 is 0 Å². The molecule has 2 aromatic carbocycles. The molecular formula is C21H26N2O2S. The monoisotopic (exact) mass is 370 g/mol. The molecule has 0 aliphatic carbocycles. The van der Waals surface area contributed by atoms with E-state index >= 15 is 0 Å². The number of para-hydroxylation sites is 1. The van der Waals surface area contributed by atoms with Gasteiger partial charge in [0.05, 0.1) is 17.0 Å². The molecule has 0 bridgehead atoms. The third-order valence-electron chi connectivity index (χ3n) is 3.88. The van der Waals surface area contributed by atoms with Crippen LogP contribution in [0.25, 0.3) is 0 Å². The summed E-state index contributed by atoms with van der Waals surface area (Å²) in [5.74, 6) is 0.879. The van der Waals surface area contributed by atoms with Gasteiger partial charge < -0.3 is 10.6 Å². The van der Waals surface area contributed by atoms with Crippen LogP contribution in [0, 0.1) is 6.92 Å². The van der Waals surface area contributed by atoms with Crippen LogP contribution in [-0.4, -0.2) is 24.1 Å². The van der Waals surface area contributed by atoms with Crippen LogP contribution < -0.4 is 10.6 Å². The molecule has 0 heterocycles. The van der Waals surface area contributed by atoms with Crippen molar-refractivity contribution < 1.29 is 9.59 Å². The van der Waals surface area contributed by atoms with Crippen molar-refractivity contribution in [1.82, 2.24) is 5.32 Å². The van der Waals surface area contributed by atoms with Crippen LogP contribution in [0.15, 0.2) is 48.5 Å². The molecule has 5 heteroatoms. The Labute approximate surface area is 159 Å². The number of carbonyl (C=O) groups excluding carboxylic acids is 2. The van der Waals surface area contributed by atoms with E-state index in [1.165, 1.54) is 11.1 Å². The fraction of sp³-hybridized carbons (Fsp3) is 0.333. The summed E-state index contributed by atoms with van der Waals surface area (Å²) in [5.41, 5.74) is 3.48. The SMILES string of the molecule is CCCCNC(=O)c1ccccc1NC(=O)CSCc1ccc(C)cc1. The van der Waals surface area contributed by atoms with E-state index in [0.717, 1.165) is 18.6 Å². The number of unbranched alkanes of at least 4 members (excludes halogenated alkanes) is 1. The smallest absolute Gasteiger partial charge is 0.253 e. The van der Waals surface area contributed by atoms with Gasteiger partial charge in [-0.05, 0) is 31.0 Å². The molecule has 26 heavy (non-hydrogen) atoms. The summed E-state index contributed by atoms with van der Waals surface area (Å²) in [5, 5.41) is 5.74. The highest BCUT2D eigenvalue weighted by Gasteiger charge is 2.12. The Balaban J connectivity index is 1.86. The minimum Gasteiger partial charge on any atom is -0.352 e. The second-order valence-corrected chi connectivity index (χ2v) is 7.17. The third-order valence-corrected chi connectivity index (χ3v) is 4.89. The first-order valence-corrected chi connectivity index (χ1v) is 10.1. The van der Waals surface area contributed by atoms with E-state index in [4.69, 9.17) is 0 Å². The largest absolute Gasteiger partial charge is 0.352 e. The molecule has 0 aromatic heterocycles. The molecular weight excluding hydrogens is 344 g/mol. The predicted molar refractivity (Wildman–Crippen MR) is 110 cm³/mol. The second kappa shape index (κ2) is 10.7. The number of anilines is 1. The van der Waals surface area contributed by atoms with Gasteiger partial charge in [0, 0.05) is 12.3 Å². The number of amides is 2. The van der Waals surface area contributed by atoms with Crippen LogP contribution in [0.5, 0.6) is 0 Å². The zero-order chi connectivity index (χ0) is 18.8. The molecule has 0 atom stereocenters. The van der Waals surface area contributed by atoms with Gasteiger partial charge in [-0.1, -0.05) is 55.3 Å². The summed E-state index contributed by atoms with van der Waals surface area (Å²) in [7, 11) is 0. The van der Waals surface area contributed by atoms with Gasteiger partial charge in [-0.2, -0.15) is 0 Å². The van der Waals surface area contributed by atoms with Crippen LogP contribution in [-0.2, 0) is 10.5 Å². The van der Waals surface area contributed by atoms with Crippen LogP contribution in [0.4, 0.5) is 5.69 Å². The number of carbonyl (C=O) groups is 2. The lowest BCUT2D eigenvalue weighted by atomic mass is 10.1. The van der Waals surface area contributed by atoms with Crippen molar-refractivity contribution in [2.45, 2.75) is 32.4 Å². The van der Waals surface area contributed by atoms with Crippen molar-refractivity contribution in [3.05, 3.63) is 65.2 Å². The zero-order valence-corrected chi connectivity index (χ0v) is 16.2. The van der Waals surface area contributed by atoms with Gasteiger partial charge in [-0.25, -0.2) is 0 Å². The maximum atomic E-state index is 12.3. The second-order valence-electron chi connectivity index (χ2n) is 6.18. The van der Waals surface area contributed by atoms with Gasteiger partial charge in [-0.3, -0.25) is 9.59 Å². The van der Waals surface area contributed by atoms with Crippen molar-refractivity contribution in [2.24, 2.45) is 0 Å². The standard InChI is InChI=1S/C21H26N2O2S/c1-3-4-13-22-21(25)18-7-5-6-8-19(18)23-20(24)15-26-14-17-11-9-16(2)10-12-17/h5-12H,3-4,13-15H2,1-2H3,(H,22,25)(H,23,24). The molecule has 0 aliphatic heterocycles. The Bertz CT molecular complexity index is 729. The van der Waals surface area contributed by atoms with E-state index in [1.807, 2.05) is 6.07 Å². The first kappa shape index (κ1) is 20.0. The summed E-state index contributed by atoms with van der Waals surface area (Å²) < 4.78 is 0. The highest BCUT2D eigenvalue weighted by molar-refractivity contribution is 7.99. The molecule has 0 fully saturated rings. The summed E-state index contributed by atoms with van der Waals surface area (Å²) in [6, 6.07) is 15.4. The van der Waals surface area contributed by atoms with E-state index in [0.29, 0.717) is 23.5 Å². The fourth-order valence-corrected chi connectivity index (χ4v) is 3.18. The molecule has 2 aromatic rings. The average Bonchev–Trinajstić information content (AvgIpc) is 2.64. The molecule has 2 N–H and O–H groups in total. The number of nitrogens with one attached hydrogen (secondary N) is 2. The van der Waals surface area contributed by atoms with E-state index in [-0.39, 0.29) is 11.8 Å². The van der Waals surface area contributed by atoms with Gasteiger partial charge >= 0.3 is 0 Å². The summed E-state index contributed by atoms with van der Waals surface area (Å²) in [6.45, 7) is 4.78. The number of rotatable bonds is 9. The maximum Gasteiger partial charge on any atom is 0.253 e. The Kier molecular flexibility index (Phi) is 8.22. The highest BCUT2D eigenvalue weighted by Crippen LogP contribution is 2.17. The number of hydrogen-bond donors (Lipinski definition) is 2. The number of aryl methyl sites for hydroxylation is 1. The van der Waals surface area contributed by atoms with Gasteiger partial charge in [-0.15, -0.1) is 11.8 Å². The number of benzene rings is 2. The normalized spacial score (nSPS) is 10.4. The van der Waals surface area contributed by atoms with Gasteiger partial charge in [0.1, 0.15) is 0 Å². The average molecular weight is 371 g/mol. The third kappa shape index (κ3) is 6.56. The molecule has 4 nitrogen and oxygen atoms in total. The molecule has 0 aliphatic rings. The lowest BCUT2D eigenvalue weighted by Gasteiger charge is -2.11. The van der Waals surface area contributed by atoms with Crippen LogP contribution >= 0.6 is 11.8 Å². The fourth-order valence-electron chi connectivity index (χ4n) is 2.40. The van der Waals surface area contributed by atoms with E-state index in [1.54, 1.807) is 30.0 Å². The van der Waals surface area contributed by atoms with Gasteiger partial charge in [0.2, 0.25) is 5.91 Å². The van der Waals surface area contributed by atoms with Crippen molar-refractivity contribution in [2.75, 3.05) is 17.6 Å². The molecule has 138 valence electrons. The number of thioether (sulfide) groups is 1. The molecule has 0 spiro atoms. The lowest BCUT2D eigenvalue weighted by Crippen LogP contribution is -2.26. The first-order chi connectivity index (χ1) is 12.6. The van der Waals surface area contributed by atoms with Crippen molar-refractivity contribution in [3.8, 4) is 0 Å². The first-order valence-electron chi connectivity index (χ1n) is 8.90. The molecule has 2 amide bonds. The Morgan fingerprint density at radius 3 is 2.50 bits per heavy atom. The van der Waals surface area contributed by atoms with Crippen LogP contribution in [0.2, 0.25) is 0 Å². The minimum absolute atomic E-state index is 0.101. The maximum absolute atomic E-state index is 12.3. The Morgan fingerprint density at radius 1 is 1.04 bits per heavy atom. The highest BCUT2D eigenvalue weighted by atomic mass is 32.2. The van der Waals surface area contributed by atoms with Gasteiger partial charge in [0.25, 0.3) is 5.91 Å². The molecule has 0 unspecified atom stereocenters. The summed E-state index contributed by atoms with van der Waals surface area (Å²) >= 11 is 1.56. The quantitative estimate of drug-likeness (QED) is 0.643. The van der Waals surface area contributed by atoms with Crippen molar-refractivity contribution in [3.63, 3.8) is 0 Å². The molecule has 0 saturated heterocycles. The van der Waals surface area contributed by atoms with Crippen LogP contribution in [0.1, 0.15) is 41.3 Å². The molecule has 2 rings (SSSR count). The van der Waals surface area contributed by atoms with Crippen LogP contribution in [0.3, 0.4) is 0 Å². The summed E-state index contributed by atoms with van der Waals surface area (Å²) in [6.07, 6.45) is 1.97. The van der Waals surface area contributed by atoms with Gasteiger partial charge in [0.15, 0.2) is 0 Å². The summed E-state index contributed by atoms with van der Waals surface area (Å²) in [4.78, 5) is 24.5. The van der Waals surface area contributed by atoms with E-state index in [2.05, 4.69) is 48.7 Å². The zero-order valence-electron chi connectivity index (χ0n) is 15.4. The molecule has 0 saturated carbocycles. The minimum atomic E-state index is -0.151. The topological polar surface area (TPSA) is 58.2 Å². The van der Waals surface area contributed by atoms with Crippen molar-refractivity contribution >= 4 is 29.3 Å². The van der Waals surface area contributed by atoms with Crippen molar-refractivity contribution in [1.29, 1.82) is 0 Å². The predicted octanol–water partition coefficient (Wildman–Crippen LogP) is 4.40. The Morgan fingerprint density at radius 2 is 1.77 bits per heavy atom. The van der Waals surface area contributed by atoms with E-state index in [9.17, 15) is 9.59 Å². The molecule has 0 radical (unpaired) electrons. The number of hydrogen-bond acceptors (Lipinski definition) is 3.